The second kappa shape index (κ2) is 6.85. The summed E-state index contributed by atoms with van der Waals surface area (Å²) >= 11 is 0. The quantitative estimate of drug-likeness (QED) is 0.749. The molecule has 0 aliphatic carbocycles. The van der Waals surface area contributed by atoms with Crippen LogP contribution in [0.2, 0.25) is 0 Å². The van der Waals surface area contributed by atoms with Crippen LogP contribution in [0, 0.1) is 0 Å². The van der Waals surface area contributed by atoms with Gasteiger partial charge in [0.1, 0.15) is 11.4 Å². The van der Waals surface area contributed by atoms with Gasteiger partial charge in [0.25, 0.3) is 0 Å². The van der Waals surface area contributed by atoms with Crippen molar-refractivity contribution in [1.82, 2.24) is 19.8 Å². The molecule has 1 rings (SSSR count). The summed E-state index contributed by atoms with van der Waals surface area (Å²) in [6.07, 6.45) is 3.68. The molecule has 1 unspecified atom stereocenters. The number of nitrogens with zero attached hydrogens (tertiary/aromatic N) is 3. The molecule has 0 aliphatic heterocycles. The molecule has 1 heterocycles. The Morgan fingerprint density at radius 2 is 2.25 bits per heavy atom. The molecule has 1 atom stereocenters. The number of hydrogen-bond acceptors (Lipinski definition) is 5. The number of ether oxygens (including phenoxy) is 1. The van der Waals surface area contributed by atoms with Gasteiger partial charge >= 0.3 is 5.97 Å². The Hall–Kier alpha value is -1.40. The molecule has 1 aromatic heterocycles. The number of hydrogen-bond donors (Lipinski definition) is 1. The van der Waals surface area contributed by atoms with E-state index >= 15 is 0 Å². The number of aryl methyl sites for hydroxylation is 1. The zero-order valence-corrected chi connectivity index (χ0v) is 13.3. The fourth-order valence-corrected chi connectivity index (χ4v) is 2.42. The van der Waals surface area contributed by atoms with Gasteiger partial charge in [-0.2, -0.15) is 0 Å². The van der Waals surface area contributed by atoms with E-state index in [-0.39, 0.29) is 12.0 Å². The van der Waals surface area contributed by atoms with Gasteiger partial charge in [0.15, 0.2) is 0 Å². The van der Waals surface area contributed by atoms with Gasteiger partial charge in [-0.3, -0.25) is 15.0 Å². The molecule has 0 saturated heterocycles. The third-order valence-electron chi connectivity index (χ3n) is 3.16. The van der Waals surface area contributed by atoms with Gasteiger partial charge in [-0.25, -0.2) is 4.98 Å². The molecular weight excluding hydrogens is 256 g/mol. The second-order valence-electron chi connectivity index (χ2n) is 5.75. The summed E-state index contributed by atoms with van der Waals surface area (Å²) in [4.78, 5) is 18.4. The topological polar surface area (TPSA) is 59.4 Å². The van der Waals surface area contributed by atoms with Gasteiger partial charge in [-0.1, -0.05) is 0 Å². The van der Waals surface area contributed by atoms with Crippen molar-refractivity contribution < 1.29 is 9.53 Å². The normalized spacial score (nSPS) is 14.6. The van der Waals surface area contributed by atoms with Crippen molar-refractivity contribution in [3.05, 3.63) is 18.2 Å². The Labute approximate surface area is 121 Å². The maximum atomic E-state index is 12.0. The van der Waals surface area contributed by atoms with Crippen LogP contribution in [-0.2, 0) is 23.1 Å². The van der Waals surface area contributed by atoms with Gasteiger partial charge in [-0.05, 0) is 27.8 Å². The number of rotatable bonds is 7. The van der Waals surface area contributed by atoms with Gasteiger partial charge < -0.3 is 9.30 Å². The van der Waals surface area contributed by atoms with Crippen LogP contribution in [0.25, 0.3) is 0 Å². The highest BCUT2D eigenvalue weighted by Crippen LogP contribution is 2.12. The van der Waals surface area contributed by atoms with Crippen molar-refractivity contribution in [2.75, 3.05) is 20.7 Å². The number of likely N-dealkylation sites (N-methyl/N-ethyl adjacent to an activating group) is 1. The molecular formula is C14H26N4O2. The number of aromatic nitrogens is 2. The molecule has 20 heavy (non-hydrogen) atoms. The Balaban J connectivity index is 2.74. The monoisotopic (exact) mass is 282 g/mol. The first kappa shape index (κ1) is 16.7. The van der Waals surface area contributed by atoms with E-state index in [4.69, 9.17) is 4.74 Å². The maximum absolute atomic E-state index is 12.0. The van der Waals surface area contributed by atoms with Crippen molar-refractivity contribution in [1.29, 1.82) is 0 Å². The summed E-state index contributed by atoms with van der Waals surface area (Å²) in [5.41, 5.74) is -0.733. The zero-order chi connectivity index (χ0) is 15.3. The van der Waals surface area contributed by atoms with Crippen LogP contribution in [0.4, 0.5) is 0 Å². The van der Waals surface area contributed by atoms with Gasteiger partial charge in [0.05, 0.1) is 13.7 Å². The first-order valence-corrected chi connectivity index (χ1v) is 6.79. The molecule has 0 aliphatic rings. The lowest BCUT2D eigenvalue weighted by atomic mass is 10.0. The molecule has 0 bridgehead atoms. The van der Waals surface area contributed by atoms with Crippen LogP contribution in [0.15, 0.2) is 12.4 Å². The van der Waals surface area contributed by atoms with Crippen LogP contribution in [-0.4, -0.2) is 52.7 Å². The lowest BCUT2D eigenvalue weighted by Crippen LogP contribution is -2.58. The average Bonchev–Trinajstić information content (AvgIpc) is 2.72. The number of carbonyl (C=O) groups is 1. The largest absolute Gasteiger partial charge is 0.468 e. The van der Waals surface area contributed by atoms with E-state index < -0.39 is 5.54 Å². The fraction of sp³-hybridized carbons (Fsp3) is 0.714. The van der Waals surface area contributed by atoms with Crippen molar-refractivity contribution in [3.63, 3.8) is 0 Å². The summed E-state index contributed by atoms with van der Waals surface area (Å²) in [5.74, 6) is 0.710. The van der Waals surface area contributed by atoms with Gasteiger partial charge in [0.2, 0.25) is 0 Å². The average molecular weight is 282 g/mol. The van der Waals surface area contributed by atoms with E-state index in [0.29, 0.717) is 13.1 Å². The first-order chi connectivity index (χ1) is 9.28. The van der Waals surface area contributed by atoms with Crippen molar-refractivity contribution in [3.8, 4) is 0 Å². The van der Waals surface area contributed by atoms with E-state index in [1.807, 2.05) is 45.6 Å². The van der Waals surface area contributed by atoms with Crippen LogP contribution in [0.5, 0.6) is 0 Å². The highest BCUT2D eigenvalue weighted by molar-refractivity contribution is 5.80. The highest BCUT2D eigenvalue weighted by atomic mass is 16.5. The predicted octanol–water partition coefficient (Wildman–Crippen LogP) is 0.782. The minimum Gasteiger partial charge on any atom is -0.468 e. The molecule has 0 saturated carbocycles. The van der Waals surface area contributed by atoms with E-state index in [1.165, 1.54) is 7.11 Å². The minimum absolute atomic E-state index is 0.195. The SMILES string of the molecule is COC(=O)C(C)(CN(C)Cc1nccn1C)NC(C)C. The number of nitrogens with one attached hydrogen (secondary N) is 1. The Kier molecular flexibility index (Phi) is 5.71. The van der Waals surface area contributed by atoms with E-state index in [2.05, 4.69) is 15.2 Å². The number of imidazole rings is 1. The summed E-state index contributed by atoms with van der Waals surface area (Å²) in [6.45, 7) is 7.12. The summed E-state index contributed by atoms with van der Waals surface area (Å²) in [6, 6.07) is 0.195. The third kappa shape index (κ3) is 4.31. The van der Waals surface area contributed by atoms with E-state index in [1.54, 1.807) is 6.20 Å². The lowest BCUT2D eigenvalue weighted by molar-refractivity contribution is -0.149. The molecule has 1 aromatic rings. The highest BCUT2D eigenvalue weighted by Gasteiger charge is 2.36. The number of esters is 1. The fourth-order valence-electron chi connectivity index (χ4n) is 2.42. The molecule has 0 radical (unpaired) electrons. The summed E-state index contributed by atoms with van der Waals surface area (Å²) in [5, 5.41) is 3.29. The Bertz CT molecular complexity index is 444. The van der Waals surface area contributed by atoms with E-state index in [0.717, 1.165) is 5.82 Å². The lowest BCUT2D eigenvalue weighted by Gasteiger charge is -2.33. The second-order valence-corrected chi connectivity index (χ2v) is 5.75. The summed E-state index contributed by atoms with van der Waals surface area (Å²) < 4.78 is 6.90. The molecule has 0 fully saturated rings. The molecule has 0 amide bonds. The van der Waals surface area contributed by atoms with Crippen LogP contribution >= 0.6 is 0 Å². The van der Waals surface area contributed by atoms with Gasteiger partial charge in [-0.15, -0.1) is 0 Å². The van der Waals surface area contributed by atoms with Crippen molar-refractivity contribution in [2.45, 2.75) is 38.9 Å². The van der Waals surface area contributed by atoms with Crippen LogP contribution in [0.3, 0.4) is 0 Å². The minimum atomic E-state index is -0.733. The molecule has 0 aromatic carbocycles. The first-order valence-electron chi connectivity index (χ1n) is 6.79. The molecule has 114 valence electrons. The number of carbonyl (C=O) groups excluding carboxylic acids is 1. The third-order valence-corrected chi connectivity index (χ3v) is 3.16. The summed E-state index contributed by atoms with van der Waals surface area (Å²) in [7, 11) is 5.35. The smallest absolute Gasteiger partial charge is 0.327 e. The van der Waals surface area contributed by atoms with Crippen LogP contribution in [0.1, 0.15) is 26.6 Å². The van der Waals surface area contributed by atoms with Gasteiger partial charge in [0, 0.05) is 32.0 Å². The van der Waals surface area contributed by atoms with Crippen LogP contribution < -0.4 is 5.32 Å². The molecule has 6 heteroatoms. The van der Waals surface area contributed by atoms with E-state index in [9.17, 15) is 4.79 Å². The Morgan fingerprint density at radius 3 is 2.70 bits per heavy atom. The standard InChI is InChI=1S/C14H26N4O2/c1-11(2)16-14(3,13(19)20-6)10-17(4)9-12-15-7-8-18(12)5/h7-8,11,16H,9-10H2,1-6H3. The maximum Gasteiger partial charge on any atom is 0.327 e. The molecule has 1 N–H and O–H groups in total. The predicted molar refractivity (Wildman–Crippen MR) is 78.2 cm³/mol. The number of methoxy groups -OCH3 is 1. The Morgan fingerprint density at radius 1 is 1.60 bits per heavy atom. The molecule has 0 spiro atoms. The molecule has 6 nitrogen and oxygen atoms in total. The zero-order valence-electron chi connectivity index (χ0n) is 13.3. The van der Waals surface area contributed by atoms with Crippen molar-refractivity contribution in [2.24, 2.45) is 7.05 Å². The van der Waals surface area contributed by atoms with Crippen molar-refractivity contribution >= 4 is 5.97 Å².